The fraction of sp³-hybridized carbons (Fsp3) is 0.667. The lowest BCUT2D eigenvalue weighted by molar-refractivity contribution is 0.320. The van der Waals surface area contributed by atoms with Crippen LogP contribution in [0.4, 0.5) is 0 Å². The number of aryl methyl sites for hydroxylation is 2. The molecule has 3 nitrogen and oxygen atoms in total. The smallest absolute Gasteiger partial charge is 0.0420 e. The van der Waals surface area contributed by atoms with Crippen molar-refractivity contribution in [2.75, 3.05) is 26.7 Å². The van der Waals surface area contributed by atoms with E-state index in [-0.39, 0.29) is 0 Å². The van der Waals surface area contributed by atoms with E-state index in [0.717, 1.165) is 43.5 Å². The van der Waals surface area contributed by atoms with Crippen LogP contribution in [0.15, 0.2) is 12.1 Å². The van der Waals surface area contributed by atoms with Crippen molar-refractivity contribution < 1.29 is 0 Å². The van der Waals surface area contributed by atoms with Crippen LogP contribution >= 0.6 is 0 Å². The van der Waals surface area contributed by atoms with Crippen molar-refractivity contribution in [1.29, 1.82) is 0 Å². The third-order valence-electron chi connectivity index (χ3n) is 3.00. The number of likely N-dealkylation sites (N-methyl/N-ethyl adjacent to an activating group) is 1. The molecule has 1 rings (SSSR count). The summed E-state index contributed by atoms with van der Waals surface area (Å²) < 4.78 is 0. The van der Waals surface area contributed by atoms with Gasteiger partial charge in [0.25, 0.3) is 0 Å². The number of hydrogen-bond acceptors (Lipinski definition) is 3. The molecule has 1 aromatic rings. The van der Waals surface area contributed by atoms with Crippen molar-refractivity contribution in [3.05, 3.63) is 29.1 Å². The Morgan fingerprint density at radius 1 is 1.28 bits per heavy atom. The summed E-state index contributed by atoms with van der Waals surface area (Å²) in [5.74, 6) is 0.721. The van der Waals surface area contributed by atoms with E-state index in [0.29, 0.717) is 0 Å². The Hall–Kier alpha value is -0.930. The molecule has 0 atom stereocenters. The largest absolute Gasteiger partial charge is 0.315 e. The molecule has 1 N–H and O–H groups in total. The number of rotatable bonds is 7. The molecule has 18 heavy (non-hydrogen) atoms. The molecule has 0 fully saturated rings. The minimum absolute atomic E-state index is 0.721. The van der Waals surface area contributed by atoms with Crippen LogP contribution < -0.4 is 5.32 Å². The predicted octanol–water partition coefficient (Wildman–Crippen LogP) is 2.38. The molecule has 0 bridgehead atoms. The highest BCUT2D eigenvalue weighted by Crippen LogP contribution is 2.08. The number of aromatic nitrogens is 1. The van der Waals surface area contributed by atoms with Gasteiger partial charge in [-0.25, -0.2) is 0 Å². The Morgan fingerprint density at radius 2 is 2.00 bits per heavy atom. The summed E-state index contributed by atoms with van der Waals surface area (Å²) in [5, 5.41) is 3.47. The second kappa shape index (κ2) is 7.49. The molecule has 0 saturated heterocycles. The van der Waals surface area contributed by atoms with Gasteiger partial charge < -0.3 is 10.2 Å². The van der Waals surface area contributed by atoms with Crippen molar-refractivity contribution in [1.82, 2.24) is 15.2 Å². The summed E-state index contributed by atoms with van der Waals surface area (Å²) in [4.78, 5) is 6.84. The molecule has 3 heteroatoms. The van der Waals surface area contributed by atoms with Crippen molar-refractivity contribution in [3.8, 4) is 0 Å². The van der Waals surface area contributed by atoms with E-state index in [1.807, 2.05) is 6.92 Å². The number of hydrogen-bond donors (Lipinski definition) is 1. The van der Waals surface area contributed by atoms with Gasteiger partial charge in [-0.1, -0.05) is 19.9 Å². The van der Waals surface area contributed by atoms with Crippen LogP contribution in [0.3, 0.4) is 0 Å². The maximum Gasteiger partial charge on any atom is 0.0420 e. The standard InChI is InChI=1S/C15H27N3/c1-12(2)10-16-8-9-18(5)11-15-7-6-13(3)17-14(15)4/h6-7,12,16H,8-11H2,1-5H3. The third kappa shape index (κ3) is 5.61. The Kier molecular flexibility index (Phi) is 6.30. The van der Waals surface area contributed by atoms with Crippen LogP contribution in [0.1, 0.15) is 30.8 Å². The van der Waals surface area contributed by atoms with E-state index in [2.05, 4.69) is 55.2 Å². The Balaban J connectivity index is 2.33. The van der Waals surface area contributed by atoms with E-state index in [4.69, 9.17) is 0 Å². The summed E-state index contributed by atoms with van der Waals surface area (Å²) in [5.41, 5.74) is 3.57. The molecule has 0 aromatic carbocycles. The molecule has 0 aliphatic carbocycles. The number of nitrogens with one attached hydrogen (secondary N) is 1. The van der Waals surface area contributed by atoms with Gasteiger partial charge in [-0.15, -0.1) is 0 Å². The molecular formula is C15H27N3. The first-order valence-corrected chi connectivity index (χ1v) is 6.81. The van der Waals surface area contributed by atoms with Crippen molar-refractivity contribution >= 4 is 0 Å². The van der Waals surface area contributed by atoms with Gasteiger partial charge in [0.1, 0.15) is 0 Å². The lowest BCUT2D eigenvalue weighted by Gasteiger charge is -2.18. The summed E-state index contributed by atoms with van der Waals surface area (Å²) in [6.07, 6.45) is 0. The first-order chi connectivity index (χ1) is 8.49. The highest BCUT2D eigenvalue weighted by atomic mass is 15.1. The SMILES string of the molecule is Cc1ccc(CN(C)CCNCC(C)C)c(C)n1. The summed E-state index contributed by atoms with van der Waals surface area (Å²) in [7, 11) is 2.16. The van der Waals surface area contributed by atoms with Crippen LogP contribution in [0, 0.1) is 19.8 Å². The van der Waals surface area contributed by atoms with Gasteiger partial charge in [0, 0.05) is 31.0 Å². The maximum atomic E-state index is 4.50. The molecule has 1 aromatic heterocycles. The lowest BCUT2D eigenvalue weighted by atomic mass is 10.2. The number of nitrogens with zero attached hydrogens (tertiary/aromatic N) is 2. The van der Waals surface area contributed by atoms with Gasteiger partial charge in [-0.3, -0.25) is 4.98 Å². The van der Waals surface area contributed by atoms with Crippen molar-refractivity contribution in [2.24, 2.45) is 5.92 Å². The molecule has 0 spiro atoms. The van der Waals surface area contributed by atoms with E-state index < -0.39 is 0 Å². The molecule has 0 unspecified atom stereocenters. The average Bonchev–Trinajstić information content (AvgIpc) is 2.28. The van der Waals surface area contributed by atoms with Gasteiger partial charge in [0.05, 0.1) is 0 Å². The Bertz CT molecular complexity index is 361. The summed E-state index contributed by atoms with van der Waals surface area (Å²) >= 11 is 0. The molecule has 0 amide bonds. The minimum Gasteiger partial charge on any atom is -0.315 e. The predicted molar refractivity (Wildman–Crippen MR) is 77.8 cm³/mol. The topological polar surface area (TPSA) is 28.2 Å². The van der Waals surface area contributed by atoms with E-state index in [1.54, 1.807) is 0 Å². The molecule has 0 saturated carbocycles. The quantitative estimate of drug-likeness (QED) is 0.752. The zero-order valence-electron chi connectivity index (χ0n) is 12.5. The van der Waals surface area contributed by atoms with Gasteiger partial charge in [0.15, 0.2) is 0 Å². The van der Waals surface area contributed by atoms with E-state index >= 15 is 0 Å². The second-order valence-electron chi connectivity index (χ2n) is 5.53. The van der Waals surface area contributed by atoms with Crippen molar-refractivity contribution in [2.45, 2.75) is 34.2 Å². The minimum atomic E-state index is 0.721. The molecule has 1 heterocycles. The summed E-state index contributed by atoms with van der Waals surface area (Å²) in [6.45, 7) is 12.8. The fourth-order valence-corrected chi connectivity index (χ4v) is 1.91. The number of pyridine rings is 1. The van der Waals surface area contributed by atoms with E-state index in [9.17, 15) is 0 Å². The molecule has 0 radical (unpaired) electrons. The van der Waals surface area contributed by atoms with Crippen LogP contribution in [-0.2, 0) is 6.54 Å². The molecular weight excluding hydrogens is 222 g/mol. The molecule has 0 aliphatic heterocycles. The van der Waals surface area contributed by atoms with Crippen LogP contribution in [0.5, 0.6) is 0 Å². The average molecular weight is 249 g/mol. The molecule has 102 valence electrons. The highest BCUT2D eigenvalue weighted by Gasteiger charge is 2.04. The normalized spacial score (nSPS) is 11.5. The zero-order valence-corrected chi connectivity index (χ0v) is 12.5. The molecule has 0 aliphatic rings. The second-order valence-corrected chi connectivity index (χ2v) is 5.53. The van der Waals surface area contributed by atoms with Gasteiger partial charge in [0.2, 0.25) is 0 Å². The van der Waals surface area contributed by atoms with Crippen molar-refractivity contribution in [3.63, 3.8) is 0 Å². The highest BCUT2D eigenvalue weighted by molar-refractivity contribution is 5.21. The van der Waals surface area contributed by atoms with Gasteiger partial charge >= 0.3 is 0 Å². The van der Waals surface area contributed by atoms with E-state index in [1.165, 1.54) is 5.56 Å². The Labute approximate surface area is 112 Å². The van der Waals surface area contributed by atoms with Gasteiger partial charge in [-0.05, 0) is 45.0 Å². The van der Waals surface area contributed by atoms with Crippen LogP contribution in [0.25, 0.3) is 0 Å². The third-order valence-corrected chi connectivity index (χ3v) is 3.00. The first kappa shape index (κ1) is 15.1. The lowest BCUT2D eigenvalue weighted by Crippen LogP contribution is -2.31. The zero-order chi connectivity index (χ0) is 13.5. The van der Waals surface area contributed by atoms with Crippen LogP contribution in [0.2, 0.25) is 0 Å². The monoisotopic (exact) mass is 249 g/mol. The fourth-order valence-electron chi connectivity index (χ4n) is 1.91. The summed E-state index contributed by atoms with van der Waals surface area (Å²) in [6, 6.07) is 4.28. The maximum absolute atomic E-state index is 4.50. The first-order valence-electron chi connectivity index (χ1n) is 6.81. The van der Waals surface area contributed by atoms with Crippen LogP contribution in [-0.4, -0.2) is 36.6 Å². The van der Waals surface area contributed by atoms with Gasteiger partial charge in [-0.2, -0.15) is 0 Å². The Morgan fingerprint density at radius 3 is 2.61 bits per heavy atom.